The molecule has 0 bridgehead atoms. The van der Waals surface area contributed by atoms with Crippen LogP contribution in [0.1, 0.15) is 64.4 Å². The minimum Gasteiger partial charge on any atom is -0.346 e. The highest BCUT2D eigenvalue weighted by Crippen LogP contribution is 2.38. The number of halogens is 1. The van der Waals surface area contributed by atoms with Crippen molar-refractivity contribution in [2.75, 3.05) is 25.0 Å². The predicted octanol–water partition coefficient (Wildman–Crippen LogP) is 4.81. The molecule has 1 heterocycles. The number of benzene rings is 1. The summed E-state index contributed by atoms with van der Waals surface area (Å²) in [5.74, 6) is 0.813. The van der Waals surface area contributed by atoms with E-state index in [9.17, 15) is 9.59 Å². The molecule has 0 saturated carbocycles. The van der Waals surface area contributed by atoms with Crippen LogP contribution in [0.3, 0.4) is 0 Å². The first-order valence-electron chi connectivity index (χ1n) is 10.1. The molecule has 27 heavy (non-hydrogen) atoms. The van der Waals surface area contributed by atoms with E-state index < -0.39 is 0 Å². The maximum Gasteiger partial charge on any atom is 0.227 e. The van der Waals surface area contributed by atoms with E-state index in [1.54, 1.807) is 11.8 Å². The summed E-state index contributed by atoms with van der Waals surface area (Å²) >= 11 is 6.36. The van der Waals surface area contributed by atoms with Crippen molar-refractivity contribution in [3.05, 3.63) is 29.8 Å². The van der Waals surface area contributed by atoms with Gasteiger partial charge in [0.25, 0.3) is 0 Å². The van der Waals surface area contributed by atoms with Gasteiger partial charge in [-0.15, -0.1) is 11.6 Å². The fourth-order valence-electron chi connectivity index (χ4n) is 3.84. The van der Waals surface area contributed by atoms with E-state index in [-0.39, 0.29) is 29.0 Å². The van der Waals surface area contributed by atoms with Crippen molar-refractivity contribution in [2.45, 2.75) is 64.2 Å². The van der Waals surface area contributed by atoms with E-state index in [0.717, 1.165) is 31.4 Å². The number of rotatable bonds is 9. The molecule has 5 heteroatoms. The number of amides is 2. The Balaban J connectivity index is 2.01. The van der Waals surface area contributed by atoms with Gasteiger partial charge in [0.2, 0.25) is 11.8 Å². The number of para-hydroxylation sites is 1. The minimum absolute atomic E-state index is 0.0748. The van der Waals surface area contributed by atoms with Gasteiger partial charge in [0.05, 0.1) is 0 Å². The number of anilines is 1. The van der Waals surface area contributed by atoms with Crippen molar-refractivity contribution < 1.29 is 9.59 Å². The number of nitrogens with zero attached hydrogens (tertiary/aromatic N) is 2. The second kappa shape index (κ2) is 10.1. The van der Waals surface area contributed by atoms with E-state index in [4.69, 9.17) is 11.6 Å². The molecular formula is C22H33ClN2O2. The first kappa shape index (κ1) is 21.7. The molecule has 150 valence electrons. The SMILES string of the molecule is CCCC(Cl)CC(C)CC(=O)N1CC(CCN(C)C(C)=O)c2ccccc21. The highest BCUT2D eigenvalue weighted by molar-refractivity contribution is 6.20. The lowest BCUT2D eigenvalue weighted by Crippen LogP contribution is -2.32. The van der Waals surface area contributed by atoms with E-state index in [2.05, 4.69) is 19.9 Å². The maximum absolute atomic E-state index is 13.0. The number of carbonyl (C=O) groups is 2. The van der Waals surface area contributed by atoms with Crippen molar-refractivity contribution in [3.63, 3.8) is 0 Å². The molecule has 0 saturated heterocycles. The third kappa shape index (κ3) is 5.97. The molecule has 1 aromatic carbocycles. The summed E-state index contributed by atoms with van der Waals surface area (Å²) in [6.07, 6.45) is 4.35. The van der Waals surface area contributed by atoms with Crippen LogP contribution in [-0.4, -0.2) is 42.2 Å². The quantitative estimate of drug-likeness (QED) is 0.566. The molecule has 2 rings (SSSR count). The Kier molecular flexibility index (Phi) is 8.15. The van der Waals surface area contributed by atoms with Crippen LogP contribution in [0.5, 0.6) is 0 Å². The summed E-state index contributed by atoms with van der Waals surface area (Å²) in [6.45, 7) is 7.25. The Hall–Kier alpha value is -1.55. The molecule has 4 nitrogen and oxygen atoms in total. The van der Waals surface area contributed by atoms with E-state index in [0.29, 0.717) is 19.5 Å². The zero-order valence-electron chi connectivity index (χ0n) is 17.1. The monoisotopic (exact) mass is 392 g/mol. The van der Waals surface area contributed by atoms with Gasteiger partial charge in [0.1, 0.15) is 0 Å². The lowest BCUT2D eigenvalue weighted by Gasteiger charge is -2.22. The molecule has 0 N–H and O–H groups in total. The highest BCUT2D eigenvalue weighted by Gasteiger charge is 2.32. The number of fused-ring (bicyclic) bond motifs is 1. The van der Waals surface area contributed by atoms with Gasteiger partial charge in [0.15, 0.2) is 0 Å². The third-order valence-electron chi connectivity index (χ3n) is 5.51. The van der Waals surface area contributed by atoms with Crippen molar-refractivity contribution in [3.8, 4) is 0 Å². The van der Waals surface area contributed by atoms with E-state index in [1.807, 2.05) is 30.1 Å². The molecule has 0 aliphatic carbocycles. The van der Waals surface area contributed by atoms with Crippen molar-refractivity contribution in [1.82, 2.24) is 4.90 Å². The van der Waals surface area contributed by atoms with Crippen LogP contribution in [0.4, 0.5) is 5.69 Å². The predicted molar refractivity (Wildman–Crippen MR) is 112 cm³/mol. The normalized spacial score (nSPS) is 18.1. The van der Waals surface area contributed by atoms with Gasteiger partial charge in [-0.2, -0.15) is 0 Å². The standard InChI is InChI=1S/C22H33ClN2O2/c1-5-8-19(23)13-16(2)14-22(27)25-15-18(11-12-24(4)17(3)26)20-9-6-7-10-21(20)25/h6-7,9-10,16,18-19H,5,8,11-15H2,1-4H3. The molecule has 2 amide bonds. The number of alkyl halides is 1. The topological polar surface area (TPSA) is 40.6 Å². The summed E-state index contributed by atoms with van der Waals surface area (Å²) in [5.41, 5.74) is 2.25. The van der Waals surface area contributed by atoms with Crippen molar-refractivity contribution in [2.24, 2.45) is 5.92 Å². The Labute approximate surface area is 168 Å². The molecule has 0 fully saturated rings. The minimum atomic E-state index is 0.0748. The molecule has 0 aromatic heterocycles. The van der Waals surface area contributed by atoms with Crippen LogP contribution in [0, 0.1) is 5.92 Å². The van der Waals surface area contributed by atoms with Crippen LogP contribution in [0.15, 0.2) is 24.3 Å². The maximum atomic E-state index is 13.0. The summed E-state index contributed by atoms with van der Waals surface area (Å²) < 4.78 is 0. The first-order chi connectivity index (χ1) is 12.8. The zero-order chi connectivity index (χ0) is 20.0. The highest BCUT2D eigenvalue weighted by atomic mass is 35.5. The van der Waals surface area contributed by atoms with Gasteiger partial charge in [-0.3, -0.25) is 9.59 Å². The molecular weight excluding hydrogens is 360 g/mol. The molecule has 0 radical (unpaired) electrons. The van der Waals surface area contributed by atoms with Gasteiger partial charge in [-0.1, -0.05) is 38.5 Å². The van der Waals surface area contributed by atoms with Crippen LogP contribution in [0.2, 0.25) is 0 Å². The van der Waals surface area contributed by atoms with E-state index >= 15 is 0 Å². The fraction of sp³-hybridized carbons (Fsp3) is 0.636. The molecule has 3 atom stereocenters. The van der Waals surface area contributed by atoms with Crippen molar-refractivity contribution >= 4 is 29.1 Å². The fourth-order valence-corrected chi connectivity index (χ4v) is 4.37. The Morgan fingerprint density at radius 3 is 2.70 bits per heavy atom. The third-order valence-corrected chi connectivity index (χ3v) is 5.90. The number of hydrogen-bond donors (Lipinski definition) is 0. The molecule has 1 aliphatic rings. The average molecular weight is 393 g/mol. The van der Waals surface area contributed by atoms with Gasteiger partial charge in [-0.25, -0.2) is 0 Å². The largest absolute Gasteiger partial charge is 0.346 e. The van der Waals surface area contributed by atoms with Crippen molar-refractivity contribution in [1.29, 1.82) is 0 Å². The summed E-state index contributed by atoms with van der Waals surface area (Å²) in [4.78, 5) is 28.1. The smallest absolute Gasteiger partial charge is 0.227 e. The average Bonchev–Trinajstić information content (AvgIpc) is 2.98. The lowest BCUT2D eigenvalue weighted by atomic mass is 9.98. The van der Waals surface area contributed by atoms with Gasteiger partial charge >= 0.3 is 0 Å². The van der Waals surface area contributed by atoms with Crippen LogP contribution < -0.4 is 4.90 Å². The number of carbonyl (C=O) groups excluding carboxylic acids is 2. The van der Waals surface area contributed by atoms with Gasteiger partial charge in [0, 0.05) is 50.5 Å². The van der Waals surface area contributed by atoms with Gasteiger partial charge in [-0.05, 0) is 36.8 Å². The zero-order valence-corrected chi connectivity index (χ0v) is 17.8. The first-order valence-corrected chi connectivity index (χ1v) is 10.5. The van der Waals surface area contributed by atoms with Crippen LogP contribution in [0.25, 0.3) is 0 Å². The summed E-state index contributed by atoms with van der Waals surface area (Å²) in [7, 11) is 1.83. The Bertz CT molecular complexity index is 649. The summed E-state index contributed by atoms with van der Waals surface area (Å²) in [6, 6.07) is 8.16. The molecule has 1 aliphatic heterocycles. The molecule has 0 spiro atoms. The Morgan fingerprint density at radius 2 is 2.04 bits per heavy atom. The van der Waals surface area contributed by atoms with Crippen LogP contribution >= 0.6 is 11.6 Å². The van der Waals surface area contributed by atoms with Gasteiger partial charge < -0.3 is 9.80 Å². The molecule has 3 unspecified atom stereocenters. The number of hydrogen-bond acceptors (Lipinski definition) is 2. The molecule has 1 aromatic rings. The Morgan fingerprint density at radius 1 is 1.33 bits per heavy atom. The second-order valence-electron chi connectivity index (χ2n) is 7.92. The van der Waals surface area contributed by atoms with E-state index in [1.165, 1.54) is 5.56 Å². The second-order valence-corrected chi connectivity index (χ2v) is 8.54. The summed E-state index contributed by atoms with van der Waals surface area (Å²) in [5, 5.41) is 0.151. The van der Waals surface area contributed by atoms with Crippen LogP contribution in [-0.2, 0) is 9.59 Å². The lowest BCUT2D eigenvalue weighted by molar-refractivity contribution is -0.127.